The smallest absolute Gasteiger partial charge is 0.160 e. The molecule has 0 amide bonds. The highest BCUT2D eigenvalue weighted by Crippen LogP contribution is 2.35. The molecule has 5 aromatic carbocycles. The van der Waals surface area contributed by atoms with Gasteiger partial charge in [0.05, 0.1) is 11.4 Å². The largest absolute Gasteiger partial charge is 0.264 e. The van der Waals surface area contributed by atoms with Gasteiger partial charge in [0.1, 0.15) is 0 Å². The molecular formula is C44H30N4. The van der Waals surface area contributed by atoms with Gasteiger partial charge in [-0.15, -0.1) is 0 Å². The van der Waals surface area contributed by atoms with E-state index in [-0.39, 0.29) is 0 Å². The fraction of sp³-hybridized carbons (Fsp3) is 0. The summed E-state index contributed by atoms with van der Waals surface area (Å²) >= 11 is 0. The minimum absolute atomic E-state index is 0.685. The maximum atomic E-state index is 5.15. The van der Waals surface area contributed by atoms with Gasteiger partial charge in [-0.3, -0.25) is 9.97 Å². The number of pyridine rings is 2. The lowest BCUT2D eigenvalue weighted by Gasteiger charge is -2.13. The quantitative estimate of drug-likeness (QED) is 0.179. The molecule has 3 aromatic heterocycles. The van der Waals surface area contributed by atoms with Crippen molar-refractivity contribution >= 4 is 0 Å². The zero-order valence-electron chi connectivity index (χ0n) is 26.1. The summed E-state index contributed by atoms with van der Waals surface area (Å²) < 4.78 is 0. The Labute approximate surface area is 280 Å². The number of hydrogen-bond donors (Lipinski definition) is 0. The van der Waals surface area contributed by atoms with Gasteiger partial charge < -0.3 is 0 Å². The monoisotopic (exact) mass is 614 g/mol. The number of aromatic nitrogens is 4. The van der Waals surface area contributed by atoms with E-state index >= 15 is 0 Å². The molecule has 0 bridgehead atoms. The molecule has 0 fully saturated rings. The van der Waals surface area contributed by atoms with Gasteiger partial charge in [0.25, 0.3) is 0 Å². The lowest BCUT2D eigenvalue weighted by Crippen LogP contribution is -1.96. The highest BCUT2D eigenvalue weighted by molar-refractivity contribution is 5.82. The van der Waals surface area contributed by atoms with E-state index in [1.165, 1.54) is 11.1 Å². The van der Waals surface area contributed by atoms with Crippen molar-refractivity contribution in [1.82, 2.24) is 19.9 Å². The third-order valence-electron chi connectivity index (χ3n) is 8.48. The summed E-state index contributed by atoms with van der Waals surface area (Å²) in [5.74, 6) is 0.685. The Kier molecular flexibility index (Phi) is 7.87. The fourth-order valence-corrected chi connectivity index (χ4v) is 5.95. The van der Waals surface area contributed by atoms with Crippen molar-refractivity contribution < 1.29 is 0 Å². The molecule has 8 aromatic rings. The van der Waals surface area contributed by atoms with Crippen molar-refractivity contribution in [1.29, 1.82) is 0 Å². The Morgan fingerprint density at radius 2 is 0.667 bits per heavy atom. The Morgan fingerprint density at radius 3 is 1.23 bits per heavy atom. The summed E-state index contributed by atoms with van der Waals surface area (Å²) in [5.41, 5.74) is 13.6. The Bertz CT molecular complexity index is 2120. The van der Waals surface area contributed by atoms with Gasteiger partial charge in [0.2, 0.25) is 0 Å². The van der Waals surface area contributed by atoms with E-state index in [9.17, 15) is 0 Å². The standard InChI is InChI=1S/C44H30N4/c1-3-9-31(10-4-1)32-19-21-35(22-20-32)42-28-43(48-44(47-42)36-11-5-2-6-12-36)41-26-39(25-40(27-41)38-14-8-24-46-30-38)34-17-15-33(16-18-34)37-13-7-23-45-29-37/h1-30H. The molecule has 0 N–H and O–H groups in total. The van der Waals surface area contributed by atoms with Crippen LogP contribution in [-0.4, -0.2) is 19.9 Å². The number of rotatable bonds is 7. The molecule has 0 aliphatic heterocycles. The van der Waals surface area contributed by atoms with E-state index in [4.69, 9.17) is 9.97 Å². The van der Waals surface area contributed by atoms with Crippen molar-refractivity contribution in [3.05, 3.63) is 183 Å². The second-order valence-corrected chi connectivity index (χ2v) is 11.6. The molecule has 8 rings (SSSR count). The lowest BCUT2D eigenvalue weighted by molar-refractivity contribution is 1.18. The normalized spacial score (nSPS) is 10.9. The molecule has 3 heterocycles. The summed E-state index contributed by atoms with van der Waals surface area (Å²) in [5, 5.41) is 0. The van der Waals surface area contributed by atoms with Crippen LogP contribution in [0.15, 0.2) is 183 Å². The summed E-state index contributed by atoms with van der Waals surface area (Å²) in [6.45, 7) is 0. The second-order valence-electron chi connectivity index (χ2n) is 11.6. The maximum Gasteiger partial charge on any atom is 0.160 e. The Balaban J connectivity index is 1.26. The molecule has 48 heavy (non-hydrogen) atoms. The van der Waals surface area contributed by atoms with Crippen LogP contribution >= 0.6 is 0 Å². The topological polar surface area (TPSA) is 51.6 Å². The molecule has 4 heteroatoms. The minimum Gasteiger partial charge on any atom is -0.264 e. The summed E-state index contributed by atoms with van der Waals surface area (Å²) in [6, 6.07) is 54.7. The molecule has 0 atom stereocenters. The van der Waals surface area contributed by atoms with Crippen LogP contribution in [-0.2, 0) is 0 Å². The van der Waals surface area contributed by atoms with Crippen LogP contribution < -0.4 is 0 Å². The first-order valence-corrected chi connectivity index (χ1v) is 15.9. The molecule has 0 aliphatic carbocycles. The predicted octanol–water partition coefficient (Wildman–Crippen LogP) is 10.9. The first kappa shape index (κ1) is 28.9. The molecule has 0 saturated carbocycles. The number of hydrogen-bond acceptors (Lipinski definition) is 4. The van der Waals surface area contributed by atoms with E-state index < -0.39 is 0 Å². The third kappa shape index (κ3) is 6.15. The lowest BCUT2D eigenvalue weighted by atomic mass is 9.94. The second kappa shape index (κ2) is 13.1. The zero-order valence-corrected chi connectivity index (χ0v) is 26.1. The first-order chi connectivity index (χ1) is 23.8. The van der Waals surface area contributed by atoms with E-state index in [1.54, 1.807) is 12.4 Å². The molecule has 0 radical (unpaired) electrons. The van der Waals surface area contributed by atoms with Crippen LogP contribution in [0, 0.1) is 0 Å². The molecule has 226 valence electrons. The first-order valence-electron chi connectivity index (χ1n) is 15.9. The van der Waals surface area contributed by atoms with Gasteiger partial charge in [-0.1, -0.05) is 121 Å². The van der Waals surface area contributed by atoms with Crippen LogP contribution in [0.2, 0.25) is 0 Å². The molecular weight excluding hydrogens is 585 g/mol. The number of benzene rings is 5. The molecule has 4 nitrogen and oxygen atoms in total. The molecule has 0 aliphatic rings. The summed E-state index contributed by atoms with van der Waals surface area (Å²) in [4.78, 5) is 18.9. The van der Waals surface area contributed by atoms with Crippen LogP contribution in [0.3, 0.4) is 0 Å². The molecule has 0 unspecified atom stereocenters. The Hall–Kier alpha value is -6.52. The van der Waals surface area contributed by atoms with Crippen molar-refractivity contribution in [2.45, 2.75) is 0 Å². The predicted molar refractivity (Wildman–Crippen MR) is 196 cm³/mol. The van der Waals surface area contributed by atoms with E-state index in [2.05, 4.69) is 131 Å². The Morgan fingerprint density at radius 1 is 0.271 bits per heavy atom. The molecule has 0 saturated heterocycles. The average molecular weight is 615 g/mol. The van der Waals surface area contributed by atoms with Crippen molar-refractivity contribution in [3.63, 3.8) is 0 Å². The van der Waals surface area contributed by atoms with Crippen molar-refractivity contribution in [2.75, 3.05) is 0 Å². The van der Waals surface area contributed by atoms with Crippen molar-refractivity contribution in [2.24, 2.45) is 0 Å². The van der Waals surface area contributed by atoms with Gasteiger partial charge in [-0.25, -0.2) is 9.97 Å². The minimum atomic E-state index is 0.685. The SMILES string of the molecule is c1ccc(-c2ccc(-c3cc(-c4cc(-c5ccc(-c6cccnc6)cc5)cc(-c5cccnc5)c4)nc(-c4ccccc4)n3)cc2)cc1. The van der Waals surface area contributed by atoms with Gasteiger partial charge >= 0.3 is 0 Å². The van der Waals surface area contributed by atoms with Crippen LogP contribution in [0.5, 0.6) is 0 Å². The average Bonchev–Trinajstić information content (AvgIpc) is 3.19. The summed E-state index contributed by atoms with van der Waals surface area (Å²) in [7, 11) is 0. The van der Waals surface area contributed by atoms with E-state index in [0.717, 1.165) is 61.5 Å². The highest BCUT2D eigenvalue weighted by atomic mass is 14.9. The van der Waals surface area contributed by atoms with E-state index in [1.807, 2.05) is 48.8 Å². The van der Waals surface area contributed by atoms with Crippen LogP contribution in [0.1, 0.15) is 0 Å². The van der Waals surface area contributed by atoms with Crippen LogP contribution in [0.25, 0.3) is 78.4 Å². The van der Waals surface area contributed by atoms with E-state index in [0.29, 0.717) is 5.82 Å². The van der Waals surface area contributed by atoms with Gasteiger partial charge in [-0.05, 0) is 75.3 Å². The maximum absolute atomic E-state index is 5.15. The van der Waals surface area contributed by atoms with Gasteiger partial charge in [0.15, 0.2) is 5.82 Å². The fourth-order valence-electron chi connectivity index (χ4n) is 5.95. The molecule has 0 spiro atoms. The van der Waals surface area contributed by atoms with Crippen LogP contribution in [0.4, 0.5) is 0 Å². The third-order valence-corrected chi connectivity index (χ3v) is 8.48. The zero-order chi connectivity index (χ0) is 32.1. The van der Waals surface area contributed by atoms with Gasteiger partial charge in [0, 0.05) is 47.0 Å². The summed E-state index contributed by atoms with van der Waals surface area (Å²) in [6.07, 6.45) is 7.40. The highest BCUT2D eigenvalue weighted by Gasteiger charge is 2.14. The number of nitrogens with zero attached hydrogens (tertiary/aromatic N) is 4. The van der Waals surface area contributed by atoms with Gasteiger partial charge in [-0.2, -0.15) is 0 Å². The van der Waals surface area contributed by atoms with Crippen molar-refractivity contribution in [3.8, 4) is 78.4 Å².